The van der Waals surface area contributed by atoms with Crippen LogP contribution in [0, 0.1) is 0 Å². The molecular formula is C22H28N2O. The molecule has 3 rings (SSSR count). The van der Waals surface area contributed by atoms with Gasteiger partial charge in [0.25, 0.3) is 5.91 Å². The highest BCUT2D eigenvalue weighted by atomic mass is 16.2. The van der Waals surface area contributed by atoms with Crippen LogP contribution in [0.3, 0.4) is 0 Å². The Bertz CT molecular complexity index is 731. The number of hydrazone groups is 1. The molecule has 3 heteroatoms. The number of carbonyl (C=O) groups excluding carboxylic acids is 1. The number of carbonyl (C=O) groups is 1. The van der Waals surface area contributed by atoms with E-state index in [1.54, 1.807) is 0 Å². The van der Waals surface area contributed by atoms with Crippen molar-refractivity contribution in [3.05, 3.63) is 71.8 Å². The molecule has 1 aliphatic rings. The van der Waals surface area contributed by atoms with Crippen molar-refractivity contribution >= 4 is 22.9 Å². The Kier molecular flexibility index (Phi) is 8.34. The van der Waals surface area contributed by atoms with E-state index in [1.807, 2.05) is 102 Å². The van der Waals surface area contributed by atoms with Gasteiger partial charge in [-0.25, -0.2) is 0 Å². The highest BCUT2D eigenvalue weighted by Gasteiger charge is 2.30. The topological polar surface area (TPSA) is 32.7 Å². The van der Waals surface area contributed by atoms with Gasteiger partial charge in [-0.15, -0.1) is 0 Å². The first-order valence-electron chi connectivity index (χ1n) is 8.90. The van der Waals surface area contributed by atoms with Gasteiger partial charge in [0.1, 0.15) is 0 Å². The number of anilines is 1. The maximum atomic E-state index is 12.7. The van der Waals surface area contributed by atoms with Gasteiger partial charge in [0, 0.05) is 0 Å². The monoisotopic (exact) mass is 336 g/mol. The summed E-state index contributed by atoms with van der Waals surface area (Å²) < 4.78 is 0. The molecule has 1 amide bonds. The van der Waals surface area contributed by atoms with Gasteiger partial charge in [0.05, 0.1) is 17.0 Å². The van der Waals surface area contributed by atoms with Crippen molar-refractivity contribution < 1.29 is 4.79 Å². The summed E-state index contributed by atoms with van der Waals surface area (Å²) in [4.78, 5) is 12.7. The number of para-hydroxylation sites is 1. The predicted octanol–water partition coefficient (Wildman–Crippen LogP) is 5.94. The first-order valence-corrected chi connectivity index (χ1v) is 8.90. The van der Waals surface area contributed by atoms with E-state index in [2.05, 4.69) is 5.10 Å². The summed E-state index contributed by atoms with van der Waals surface area (Å²) in [6.45, 7) is 11.8. The molecule has 1 heterocycles. The van der Waals surface area contributed by atoms with Gasteiger partial charge in [-0.3, -0.25) is 4.79 Å². The van der Waals surface area contributed by atoms with Crippen LogP contribution in [-0.2, 0) is 4.79 Å². The molecule has 132 valence electrons. The molecular weight excluding hydrogens is 308 g/mol. The molecule has 0 radical (unpaired) electrons. The van der Waals surface area contributed by atoms with E-state index >= 15 is 0 Å². The summed E-state index contributed by atoms with van der Waals surface area (Å²) >= 11 is 0. The lowest BCUT2D eigenvalue weighted by molar-refractivity contribution is -0.114. The largest absolute Gasteiger partial charge is 0.280 e. The second-order valence-electron chi connectivity index (χ2n) is 5.00. The van der Waals surface area contributed by atoms with Crippen molar-refractivity contribution in [3.63, 3.8) is 0 Å². The van der Waals surface area contributed by atoms with E-state index in [9.17, 15) is 4.79 Å². The van der Waals surface area contributed by atoms with Crippen molar-refractivity contribution in [2.75, 3.05) is 5.01 Å². The van der Waals surface area contributed by atoms with E-state index in [4.69, 9.17) is 0 Å². The average molecular weight is 336 g/mol. The van der Waals surface area contributed by atoms with Crippen molar-refractivity contribution in [3.8, 4) is 0 Å². The Morgan fingerprint density at radius 3 is 1.84 bits per heavy atom. The van der Waals surface area contributed by atoms with E-state index in [-0.39, 0.29) is 5.91 Å². The molecule has 0 N–H and O–H groups in total. The molecule has 1 aliphatic heterocycles. The molecule has 2 aromatic rings. The molecule has 0 fully saturated rings. The smallest absolute Gasteiger partial charge is 0.267 e. The molecule has 0 unspecified atom stereocenters. The van der Waals surface area contributed by atoms with E-state index in [0.29, 0.717) is 5.57 Å². The standard InChI is InChI=1S/C18H16N2O.2C2H6/c1-13(15-9-5-3-6-10-15)17-14(2)19-20(18(17)21)16-11-7-4-8-12-16;2*1-2/h3-12H,1-2H3;2*1-2H3/b17-13-;;. The average Bonchev–Trinajstić information content (AvgIpc) is 3.00. The lowest BCUT2D eigenvalue weighted by Gasteiger charge is -2.12. The number of nitrogens with zero attached hydrogens (tertiary/aromatic N) is 2. The number of hydrogen-bond donors (Lipinski definition) is 0. The molecule has 0 bridgehead atoms. The van der Waals surface area contributed by atoms with Crippen LogP contribution in [0.5, 0.6) is 0 Å². The molecule has 0 atom stereocenters. The fraction of sp³-hybridized carbons (Fsp3) is 0.273. The summed E-state index contributed by atoms with van der Waals surface area (Å²) in [5.41, 5.74) is 4.23. The SMILES string of the molecule is CC.CC.CC1=NN(c2ccccc2)C(=O)/C1=C(/C)c1ccccc1. The third-order valence-electron chi connectivity index (χ3n) is 3.60. The quantitative estimate of drug-likeness (QED) is 0.625. The van der Waals surface area contributed by atoms with Gasteiger partial charge in [0.2, 0.25) is 0 Å². The minimum atomic E-state index is -0.0694. The van der Waals surface area contributed by atoms with Crippen molar-refractivity contribution in [2.24, 2.45) is 5.10 Å². The summed E-state index contributed by atoms with van der Waals surface area (Å²) in [5.74, 6) is -0.0694. The Labute approximate surface area is 151 Å². The fourth-order valence-corrected chi connectivity index (χ4v) is 2.51. The van der Waals surface area contributed by atoms with E-state index in [1.165, 1.54) is 5.01 Å². The minimum Gasteiger partial charge on any atom is -0.267 e. The minimum absolute atomic E-state index is 0.0694. The fourth-order valence-electron chi connectivity index (χ4n) is 2.51. The Balaban J connectivity index is 0.000000730. The first kappa shape index (κ1) is 20.4. The third kappa shape index (κ3) is 4.66. The lowest BCUT2D eigenvalue weighted by atomic mass is 9.98. The van der Waals surface area contributed by atoms with Crippen LogP contribution in [0.2, 0.25) is 0 Å². The van der Waals surface area contributed by atoms with Gasteiger partial charge in [-0.05, 0) is 37.1 Å². The summed E-state index contributed by atoms with van der Waals surface area (Å²) in [5, 5.41) is 5.88. The van der Waals surface area contributed by atoms with Crippen LogP contribution in [0.15, 0.2) is 71.3 Å². The summed E-state index contributed by atoms with van der Waals surface area (Å²) in [6.07, 6.45) is 0. The Hall–Kier alpha value is -2.68. The highest BCUT2D eigenvalue weighted by molar-refractivity contribution is 6.33. The maximum Gasteiger partial charge on any atom is 0.280 e. The zero-order valence-electron chi connectivity index (χ0n) is 16.1. The van der Waals surface area contributed by atoms with Gasteiger partial charge in [-0.2, -0.15) is 10.1 Å². The number of benzene rings is 2. The predicted molar refractivity (Wildman–Crippen MR) is 109 cm³/mol. The second-order valence-corrected chi connectivity index (χ2v) is 5.00. The Morgan fingerprint density at radius 2 is 1.32 bits per heavy atom. The normalized spacial score (nSPS) is 14.7. The van der Waals surface area contributed by atoms with Crippen LogP contribution < -0.4 is 5.01 Å². The molecule has 0 spiro atoms. The lowest BCUT2D eigenvalue weighted by Crippen LogP contribution is -2.21. The molecule has 3 nitrogen and oxygen atoms in total. The van der Waals surface area contributed by atoms with Crippen LogP contribution in [-0.4, -0.2) is 11.6 Å². The number of rotatable bonds is 2. The molecule has 0 saturated carbocycles. The first-order chi connectivity index (χ1) is 12.2. The van der Waals surface area contributed by atoms with Crippen LogP contribution in [0.4, 0.5) is 5.69 Å². The van der Waals surface area contributed by atoms with E-state index < -0.39 is 0 Å². The maximum absolute atomic E-state index is 12.7. The van der Waals surface area contributed by atoms with Crippen molar-refractivity contribution in [2.45, 2.75) is 41.5 Å². The van der Waals surface area contributed by atoms with Gasteiger partial charge in [0.15, 0.2) is 0 Å². The molecule has 2 aromatic carbocycles. The van der Waals surface area contributed by atoms with Crippen molar-refractivity contribution in [1.82, 2.24) is 0 Å². The second kappa shape index (κ2) is 10.2. The number of hydrogen-bond acceptors (Lipinski definition) is 2. The number of allylic oxidation sites excluding steroid dienone is 1. The van der Waals surface area contributed by atoms with E-state index in [0.717, 1.165) is 22.5 Å². The van der Waals surface area contributed by atoms with Crippen molar-refractivity contribution in [1.29, 1.82) is 0 Å². The van der Waals surface area contributed by atoms with Crippen LogP contribution in [0.25, 0.3) is 5.57 Å². The highest BCUT2D eigenvalue weighted by Crippen LogP contribution is 2.28. The molecule has 25 heavy (non-hydrogen) atoms. The Morgan fingerprint density at radius 1 is 0.840 bits per heavy atom. The molecule has 0 aliphatic carbocycles. The van der Waals surface area contributed by atoms with Gasteiger partial charge < -0.3 is 0 Å². The zero-order valence-corrected chi connectivity index (χ0v) is 16.1. The molecule has 0 aromatic heterocycles. The zero-order chi connectivity index (χ0) is 18.8. The molecule has 0 saturated heterocycles. The van der Waals surface area contributed by atoms with Gasteiger partial charge in [-0.1, -0.05) is 76.2 Å². The summed E-state index contributed by atoms with van der Waals surface area (Å²) in [7, 11) is 0. The van der Waals surface area contributed by atoms with Crippen LogP contribution in [0.1, 0.15) is 47.1 Å². The third-order valence-corrected chi connectivity index (χ3v) is 3.60. The van der Waals surface area contributed by atoms with Crippen LogP contribution >= 0.6 is 0 Å². The summed E-state index contributed by atoms with van der Waals surface area (Å²) in [6, 6.07) is 19.4. The van der Waals surface area contributed by atoms with Gasteiger partial charge >= 0.3 is 0 Å². The number of amides is 1.